The van der Waals surface area contributed by atoms with Gasteiger partial charge in [0.05, 0.1) is 0 Å². The molecule has 0 aliphatic carbocycles. The Morgan fingerprint density at radius 2 is 2.17 bits per heavy atom. The van der Waals surface area contributed by atoms with Crippen LogP contribution < -0.4 is 0 Å². The second-order valence-corrected chi connectivity index (χ2v) is 1.59. The monoisotopic (exact) mass is 81.1 g/mol. The van der Waals surface area contributed by atoms with Crippen LogP contribution in [-0.2, 0) is 0 Å². The van der Waals surface area contributed by atoms with Crippen molar-refractivity contribution in [2.75, 3.05) is 0 Å². The molecular formula is C6H9. The van der Waals surface area contributed by atoms with E-state index in [1.165, 1.54) is 5.92 Å². The zero-order valence-corrected chi connectivity index (χ0v) is 4.28. The van der Waals surface area contributed by atoms with Gasteiger partial charge in [-0.2, -0.15) is 0 Å². The van der Waals surface area contributed by atoms with E-state index in [0.29, 0.717) is 0 Å². The lowest BCUT2D eigenvalue weighted by Crippen LogP contribution is -1.76. The van der Waals surface area contributed by atoms with Gasteiger partial charge in [-0.1, -0.05) is 13.8 Å². The molecule has 0 amide bonds. The zero-order chi connectivity index (χ0) is 4.99. The lowest BCUT2D eigenvalue weighted by atomic mass is 10.1. The van der Waals surface area contributed by atoms with Gasteiger partial charge in [-0.15, -0.1) is 12.3 Å². The Balaban J connectivity index is 2.88. The van der Waals surface area contributed by atoms with Crippen LogP contribution in [0.5, 0.6) is 0 Å². The van der Waals surface area contributed by atoms with Gasteiger partial charge in [0.25, 0.3) is 0 Å². The van der Waals surface area contributed by atoms with Crippen molar-refractivity contribution in [3.05, 3.63) is 5.92 Å². The van der Waals surface area contributed by atoms with Gasteiger partial charge in [0.2, 0.25) is 0 Å². The average molecular weight is 81.1 g/mol. The quantitative estimate of drug-likeness (QED) is 0.421. The lowest BCUT2D eigenvalue weighted by molar-refractivity contribution is 1.01. The third-order valence-electron chi connectivity index (χ3n) is 0.456. The van der Waals surface area contributed by atoms with Crippen molar-refractivity contribution in [3.63, 3.8) is 0 Å². The van der Waals surface area contributed by atoms with Gasteiger partial charge < -0.3 is 0 Å². The molecule has 0 saturated heterocycles. The molecule has 0 atom stereocenters. The molecule has 0 heterocycles. The molecule has 0 aliphatic rings. The van der Waals surface area contributed by atoms with E-state index in [4.69, 9.17) is 6.42 Å². The summed E-state index contributed by atoms with van der Waals surface area (Å²) in [5, 5.41) is 0. The fraction of sp³-hybridized carbons (Fsp3) is 0.500. The van der Waals surface area contributed by atoms with Crippen molar-refractivity contribution < 1.29 is 0 Å². The summed E-state index contributed by atoms with van der Waals surface area (Å²) in [5.74, 6) is 3.83. The van der Waals surface area contributed by atoms with Crippen LogP contribution in [0.4, 0.5) is 0 Å². The van der Waals surface area contributed by atoms with E-state index < -0.39 is 0 Å². The molecule has 0 N–H and O–H groups in total. The van der Waals surface area contributed by atoms with Gasteiger partial charge in [0, 0.05) is 6.42 Å². The van der Waals surface area contributed by atoms with Gasteiger partial charge in [0.15, 0.2) is 0 Å². The maximum Gasteiger partial charge on any atom is 0.0143 e. The van der Waals surface area contributed by atoms with Crippen molar-refractivity contribution in [1.29, 1.82) is 0 Å². The molecule has 0 saturated carbocycles. The van der Waals surface area contributed by atoms with E-state index in [1.54, 1.807) is 0 Å². The van der Waals surface area contributed by atoms with E-state index in [9.17, 15) is 0 Å². The number of hydrogen-bond donors (Lipinski definition) is 0. The van der Waals surface area contributed by atoms with Crippen molar-refractivity contribution in [1.82, 2.24) is 0 Å². The first-order valence-corrected chi connectivity index (χ1v) is 2.00. The highest BCUT2D eigenvalue weighted by Gasteiger charge is 1.84. The van der Waals surface area contributed by atoms with Gasteiger partial charge in [-0.05, 0) is 5.92 Å². The van der Waals surface area contributed by atoms with E-state index >= 15 is 0 Å². The summed E-state index contributed by atoms with van der Waals surface area (Å²) in [6.45, 7) is 4.06. The summed E-state index contributed by atoms with van der Waals surface area (Å²) in [5.41, 5.74) is 0. The minimum absolute atomic E-state index is 0.819. The molecule has 0 heteroatoms. The molecule has 33 valence electrons. The molecule has 0 rings (SSSR count). The number of rotatable bonds is 1. The normalized spacial score (nSPS) is 8.33. The molecule has 1 radical (unpaired) electrons. The van der Waals surface area contributed by atoms with Gasteiger partial charge in [0.1, 0.15) is 0 Å². The van der Waals surface area contributed by atoms with E-state index in [1.807, 2.05) is 13.8 Å². The molecule has 0 aromatic rings. The van der Waals surface area contributed by atoms with Crippen molar-refractivity contribution in [2.45, 2.75) is 20.3 Å². The lowest BCUT2D eigenvalue weighted by Gasteiger charge is -1.89. The molecule has 0 spiro atoms. The smallest absolute Gasteiger partial charge is 0.0143 e. The van der Waals surface area contributed by atoms with Crippen LogP contribution in [0.1, 0.15) is 20.3 Å². The van der Waals surface area contributed by atoms with Crippen LogP contribution in [0.15, 0.2) is 0 Å². The predicted octanol–water partition coefficient (Wildman–Crippen LogP) is 1.62. The second-order valence-electron chi connectivity index (χ2n) is 1.59. The number of terminal acetylenes is 1. The molecule has 0 aromatic heterocycles. The van der Waals surface area contributed by atoms with Crippen LogP contribution in [0, 0.1) is 18.3 Å². The highest BCUT2D eigenvalue weighted by molar-refractivity contribution is 4.96. The Morgan fingerprint density at radius 1 is 1.67 bits per heavy atom. The first kappa shape index (κ1) is 5.56. The molecule has 0 bridgehead atoms. The van der Waals surface area contributed by atoms with Crippen LogP contribution >= 0.6 is 0 Å². The molecule has 6 heavy (non-hydrogen) atoms. The Bertz CT molecular complexity index is 54.9. The van der Waals surface area contributed by atoms with Crippen molar-refractivity contribution in [2.24, 2.45) is 0 Å². The molecular weight excluding hydrogens is 72.1 g/mol. The van der Waals surface area contributed by atoms with Crippen LogP contribution in [0.3, 0.4) is 0 Å². The average Bonchev–Trinajstić information content (AvgIpc) is 1.35. The first-order chi connectivity index (χ1) is 2.77. The Hall–Kier alpha value is -0.440. The summed E-state index contributed by atoms with van der Waals surface area (Å²) in [6.07, 6.45) is 5.78. The van der Waals surface area contributed by atoms with Gasteiger partial charge >= 0.3 is 0 Å². The predicted molar refractivity (Wildman–Crippen MR) is 28.0 cm³/mol. The molecule has 0 aliphatic heterocycles. The zero-order valence-electron chi connectivity index (χ0n) is 4.28. The molecule has 0 unspecified atom stereocenters. The summed E-state index contributed by atoms with van der Waals surface area (Å²) < 4.78 is 0. The topological polar surface area (TPSA) is 0 Å². The van der Waals surface area contributed by atoms with Crippen molar-refractivity contribution >= 4 is 0 Å². The minimum Gasteiger partial charge on any atom is -0.120 e. The summed E-state index contributed by atoms with van der Waals surface area (Å²) in [4.78, 5) is 0. The van der Waals surface area contributed by atoms with E-state index in [0.717, 1.165) is 6.42 Å². The van der Waals surface area contributed by atoms with E-state index in [-0.39, 0.29) is 0 Å². The highest BCUT2D eigenvalue weighted by atomic mass is 13.9. The van der Waals surface area contributed by atoms with Crippen molar-refractivity contribution in [3.8, 4) is 12.3 Å². The largest absolute Gasteiger partial charge is 0.120 e. The first-order valence-electron chi connectivity index (χ1n) is 2.00. The Kier molecular flexibility index (Phi) is 2.58. The Labute approximate surface area is 39.6 Å². The maximum absolute atomic E-state index is 4.96. The fourth-order valence-electron chi connectivity index (χ4n) is 0.204. The third-order valence-corrected chi connectivity index (χ3v) is 0.456. The SMILES string of the molecule is C#CC[C](C)C. The van der Waals surface area contributed by atoms with Crippen LogP contribution in [0.25, 0.3) is 0 Å². The highest BCUT2D eigenvalue weighted by Crippen LogP contribution is 1.97. The molecule has 0 fully saturated rings. The third kappa shape index (κ3) is 3.56. The van der Waals surface area contributed by atoms with Gasteiger partial charge in [-0.25, -0.2) is 0 Å². The standard InChI is InChI=1S/C6H9/c1-4-5-6(2)3/h1H,5H2,2-3H3. The van der Waals surface area contributed by atoms with E-state index in [2.05, 4.69) is 5.92 Å². The Morgan fingerprint density at radius 3 is 2.17 bits per heavy atom. The minimum atomic E-state index is 0.819. The van der Waals surface area contributed by atoms with Gasteiger partial charge in [-0.3, -0.25) is 0 Å². The van der Waals surface area contributed by atoms with Crippen LogP contribution in [0.2, 0.25) is 0 Å². The summed E-state index contributed by atoms with van der Waals surface area (Å²) in [6, 6.07) is 0. The maximum atomic E-state index is 4.96. The second kappa shape index (κ2) is 2.78. The number of hydrogen-bond acceptors (Lipinski definition) is 0. The molecule has 0 aromatic carbocycles. The summed E-state index contributed by atoms with van der Waals surface area (Å²) in [7, 11) is 0. The molecule has 0 nitrogen and oxygen atoms in total. The summed E-state index contributed by atoms with van der Waals surface area (Å²) >= 11 is 0. The fourth-order valence-corrected chi connectivity index (χ4v) is 0.204. The van der Waals surface area contributed by atoms with Crippen LogP contribution in [-0.4, -0.2) is 0 Å².